The van der Waals surface area contributed by atoms with E-state index < -0.39 is 0 Å². The van der Waals surface area contributed by atoms with E-state index in [-0.39, 0.29) is 0 Å². The molecule has 1 aromatic rings. The van der Waals surface area contributed by atoms with Gasteiger partial charge in [0.05, 0.1) is 6.20 Å². The van der Waals surface area contributed by atoms with Gasteiger partial charge in [0.1, 0.15) is 0 Å². The molecule has 0 aliphatic heterocycles. The molecule has 0 radical (unpaired) electrons. The van der Waals surface area contributed by atoms with Gasteiger partial charge in [-0.05, 0) is 25.3 Å². The van der Waals surface area contributed by atoms with Crippen LogP contribution >= 0.6 is 0 Å². The molecule has 1 fully saturated rings. The third-order valence-corrected chi connectivity index (χ3v) is 4.38. The molecule has 0 atom stereocenters. The van der Waals surface area contributed by atoms with Gasteiger partial charge in [0.2, 0.25) is 0 Å². The van der Waals surface area contributed by atoms with E-state index in [4.69, 9.17) is 0 Å². The van der Waals surface area contributed by atoms with Crippen LogP contribution in [0.15, 0.2) is 6.20 Å². The Labute approximate surface area is 112 Å². The summed E-state index contributed by atoms with van der Waals surface area (Å²) in [5, 5.41) is 7.44. The largest absolute Gasteiger partial charge is 0.282 e. The van der Waals surface area contributed by atoms with Gasteiger partial charge in [-0.15, -0.1) is 0 Å². The molecule has 1 aliphatic rings. The molecule has 0 aromatic carbocycles. The molecule has 1 N–H and O–H groups in total. The topological polar surface area (TPSA) is 28.7 Å². The number of hydrogen-bond donors (Lipinski definition) is 1. The third-order valence-electron chi connectivity index (χ3n) is 4.38. The fourth-order valence-corrected chi connectivity index (χ4v) is 3.22. The summed E-state index contributed by atoms with van der Waals surface area (Å²) in [6, 6.07) is 0. The van der Waals surface area contributed by atoms with Crippen molar-refractivity contribution in [2.24, 2.45) is 0 Å². The lowest BCUT2D eigenvalue weighted by Crippen LogP contribution is -2.03. The predicted molar refractivity (Wildman–Crippen MR) is 76.9 cm³/mol. The molecule has 1 heterocycles. The molecule has 1 aromatic heterocycles. The van der Waals surface area contributed by atoms with Crippen molar-refractivity contribution in [1.82, 2.24) is 10.2 Å². The van der Waals surface area contributed by atoms with Crippen molar-refractivity contribution in [1.29, 1.82) is 0 Å². The highest BCUT2D eigenvalue weighted by Crippen LogP contribution is 2.29. The lowest BCUT2D eigenvalue weighted by molar-refractivity contribution is 0.461. The summed E-state index contributed by atoms with van der Waals surface area (Å²) in [5.41, 5.74) is 2.76. The average molecular weight is 248 g/mol. The predicted octanol–water partition coefficient (Wildman–Crippen LogP) is 5.11. The van der Waals surface area contributed by atoms with Gasteiger partial charge < -0.3 is 0 Å². The molecule has 0 spiro atoms. The van der Waals surface area contributed by atoms with Crippen LogP contribution in [0.3, 0.4) is 0 Å². The summed E-state index contributed by atoms with van der Waals surface area (Å²) in [6.45, 7) is 2.19. The van der Waals surface area contributed by atoms with Crippen LogP contribution in [0.25, 0.3) is 0 Å². The maximum absolute atomic E-state index is 4.20. The van der Waals surface area contributed by atoms with Gasteiger partial charge >= 0.3 is 0 Å². The van der Waals surface area contributed by atoms with E-state index in [2.05, 4.69) is 17.1 Å². The van der Waals surface area contributed by atoms with E-state index in [1.165, 1.54) is 81.9 Å². The highest BCUT2D eigenvalue weighted by Gasteiger charge is 2.15. The maximum atomic E-state index is 4.20. The maximum Gasteiger partial charge on any atom is 0.0519 e. The Hall–Kier alpha value is -0.790. The molecular weight excluding hydrogens is 220 g/mol. The first-order valence-corrected chi connectivity index (χ1v) is 7.88. The molecule has 1 aliphatic carbocycles. The smallest absolute Gasteiger partial charge is 0.0519 e. The second-order valence-corrected chi connectivity index (χ2v) is 5.92. The molecule has 2 rings (SSSR count). The van der Waals surface area contributed by atoms with Gasteiger partial charge in [-0.3, -0.25) is 5.10 Å². The number of nitrogens with one attached hydrogen (secondary N) is 1. The minimum Gasteiger partial charge on any atom is -0.282 e. The van der Waals surface area contributed by atoms with Gasteiger partial charge in [-0.2, -0.15) is 5.10 Å². The van der Waals surface area contributed by atoms with E-state index in [9.17, 15) is 0 Å². The highest BCUT2D eigenvalue weighted by molar-refractivity contribution is 5.18. The lowest BCUT2D eigenvalue weighted by Gasteiger charge is -2.17. The highest BCUT2D eigenvalue weighted by atomic mass is 15.1. The molecule has 102 valence electrons. The lowest BCUT2D eigenvalue weighted by atomic mass is 9.89. The molecule has 0 unspecified atom stereocenters. The van der Waals surface area contributed by atoms with Crippen LogP contribution in [0.1, 0.15) is 87.8 Å². The van der Waals surface area contributed by atoms with Crippen LogP contribution in [0, 0.1) is 6.92 Å². The zero-order valence-electron chi connectivity index (χ0n) is 11.9. The van der Waals surface area contributed by atoms with E-state index in [0.717, 1.165) is 5.92 Å². The number of rotatable bonds is 1. The Morgan fingerprint density at radius 1 is 0.889 bits per heavy atom. The van der Waals surface area contributed by atoms with Crippen LogP contribution in [0.2, 0.25) is 0 Å². The summed E-state index contributed by atoms with van der Waals surface area (Å²) in [6.07, 6.45) is 17.5. The van der Waals surface area contributed by atoms with Gasteiger partial charge in [0, 0.05) is 11.6 Å². The molecule has 18 heavy (non-hydrogen) atoms. The normalized spacial score (nSPS) is 21.2. The summed E-state index contributed by atoms with van der Waals surface area (Å²) in [7, 11) is 0. The van der Waals surface area contributed by atoms with Crippen molar-refractivity contribution < 1.29 is 0 Å². The Balaban J connectivity index is 1.91. The summed E-state index contributed by atoms with van der Waals surface area (Å²) < 4.78 is 0. The standard InChI is InChI=1S/C16H28N2/c1-14-13-17-18-16(14)15-11-9-7-5-3-2-4-6-8-10-12-15/h13,15H,2-12H2,1H3,(H,17,18). The average Bonchev–Trinajstić information content (AvgIpc) is 2.76. The Bertz CT molecular complexity index is 318. The van der Waals surface area contributed by atoms with E-state index >= 15 is 0 Å². The first-order chi connectivity index (χ1) is 8.88. The molecule has 2 heteroatoms. The second kappa shape index (κ2) is 7.60. The number of aromatic nitrogens is 2. The number of aromatic amines is 1. The molecule has 0 bridgehead atoms. The van der Waals surface area contributed by atoms with Crippen molar-refractivity contribution in [3.63, 3.8) is 0 Å². The zero-order chi connectivity index (χ0) is 12.6. The van der Waals surface area contributed by atoms with E-state index in [0.29, 0.717) is 0 Å². The van der Waals surface area contributed by atoms with Crippen LogP contribution in [0.5, 0.6) is 0 Å². The molecule has 1 saturated carbocycles. The van der Waals surface area contributed by atoms with Gasteiger partial charge in [-0.1, -0.05) is 57.8 Å². The quantitative estimate of drug-likeness (QED) is 0.735. The summed E-state index contributed by atoms with van der Waals surface area (Å²) in [4.78, 5) is 0. The van der Waals surface area contributed by atoms with E-state index in [1.807, 2.05) is 6.20 Å². The summed E-state index contributed by atoms with van der Waals surface area (Å²) >= 11 is 0. The van der Waals surface area contributed by atoms with Crippen molar-refractivity contribution in [3.8, 4) is 0 Å². The fraction of sp³-hybridized carbons (Fsp3) is 0.812. The van der Waals surface area contributed by atoms with Gasteiger partial charge in [0.25, 0.3) is 0 Å². The first-order valence-electron chi connectivity index (χ1n) is 7.88. The minimum atomic E-state index is 0.729. The number of nitrogens with zero attached hydrogens (tertiary/aromatic N) is 1. The molecule has 0 saturated heterocycles. The Morgan fingerprint density at radius 3 is 1.83 bits per heavy atom. The number of aryl methyl sites for hydroxylation is 1. The van der Waals surface area contributed by atoms with Crippen LogP contribution in [0.4, 0.5) is 0 Å². The SMILES string of the molecule is Cc1cn[nH]c1C1CCCCCCCCCCC1. The first kappa shape index (κ1) is 13.6. The van der Waals surface area contributed by atoms with Crippen molar-refractivity contribution in [2.75, 3.05) is 0 Å². The van der Waals surface area contributed by atoms with Crippen LogP contribution in [-0.4, -0.2) is 10.2 Å². The number of hydrogen-bond acceptors (Lipinski definition) is 1. The minimum absolute atomic E-state index is 0.729. The van der Waals surface area contributed by atoms with Crippen LogP contribution < -0.4 is 0 Å². The van der Waals surface area contributed by atoms with Crippen LogP contribution in [-0.2, 0) is 0 Å². The Kier molecular flexibility index (Phi) is 5.76. The zero-order valence-corrected chi connectivity index (χ0v) is 11.9. The third kappa shape index (κ3) is 4.15. The van der Waals surface area contributed by atoms with Gasteiger partial charge in [0.15, 0.2) is 0 Å². The summed E-state index contributed by atoms with van der Waals surface area (Å²) in [5.74, 6) is 0.729. The van der Waals surface area contributed by atoms with Crippen molar-refractivity contribution in [3.05, 3.63) is 17.5 Å². The number of H-pyrrole nitrogens is 1. The second-order valence-electron chi connectivity index (χ2n) is 5.92. The van der Waals surface area contributed by atoms with E-state index in [1.54, 1.807) is 0 Å². The Morgan fingerprint density at radius 2 is 1.39 bits per heavy atom. The molecule has 0 amide bonds. The molecular formula is C16H28N2. The monoisotopic (exact) mass is 248 g/mol. The molecule has 2 nitrogen and oxygen atoms in total. The van der Waals surface area contributed by atoms with Gasteiger partial charge in [-0.25, -0.2) is 0 Å². The van der Waals surface area contributed by atoms with Crippen molar-refractivity contribution >= 4 is 0 Å². The fourth-order valence-electron chi connectivity index (χ4n) is 3.22. The van der Waals surface area contributed by atoms with Crippen molar-refractivity contribution in [2.45, 2.75) is 83.5 Å².